The first kappa shape index (κ1) is 13.5. The molecule has 3 aromatic rings. The Morgan fingerprint density at radius 3 is 3.00 bits per heavy atom. The highest BCUT2D eigenvalue weighted by atomic mass is 16.5. The van der Waals surface area contributed by atoms with Gasteiger partial charge in [0.25, 0.3) is 5.91 Å². The summed E-state index contributed by atoms with van der Waals surface area (Å²) in [6.07, 6.45) is 2.14. The quantitative estimate of drug-likeness (QED) is 0.730. The number of benzene rings is 1. The van der Waals surface area contributed by atoms with Crippen LogP contribution in [0.2, 0.25) is 0 Å². The number of oxazole rings is 1. The van der Waals surface area contributed by atoms with Crippen molar-refractivity contribution in [3.05, 3.63) is 42.8 Å². The fraction of sp³-hybridized carbons (Fsp3) is 0.200. The maximum atomic E-state index is 12.4. The molecule has 0 saturated heterocycles. The minimum atomic E-state index is -0.567. The van der Waals surface area contributed by atoms with Gasteiger partial charge in [0.2, 0.25) is 11.7 Å². The van der Waals surface area contributed by atoms with Crippen LogP contribution in [0.25, 0.3) is 11.5 Å². The van der Waals surface area contributed by atoms with Crippen LogP contribution in [0.5, 0.6) is 5.75 Å². The monoisotopic (exact) mass is 312 g/mol. The minimum Gasteiger partial charge on any atom is -0.479 e. The van der Waals surface area contributed by atoms with Crippen LogP contribution < -0.4 is 9.64 Å². The second-order valence-electron chi connectivity index (χ2n) is 5.04. The summed E-state index contributed by atoms with van der Waals surface area (Å²) in [5, 5.41) is 3.85. The summed E-state index contributed by atoms with van der Waals surface area (Å²) in [4.78, 5) is 22.2. The van der Waals surface area contributed by atoms with E-state index in [2.05, 4.69) is 15.1 Å². The zero-order valence-electron chi connectivity index (χ0n) is 12.2. The van der Waals surface area contributed by atoms with Gasteiger partial charge in [-0.2, -0.15) is 4.98 Å². The second-order valence-corrected chi connectivity index (χ2v) is 5.04. The topological polar surface area (TPSA) is 94.5 Å². The first-order valence-corrected chi connectivity index (χ1v) is 7.00. The maximum Gasteiger partial charge on any atom is 0.268 e. The Balaban J connectivity index is 1.64. The van der Waals surface area contributed by atoms with Gasteiger partial charge >= 0.3 is 0 Å². The lowest BCUT2D eigenvalue weighted by molar-refractivity contribution is -0.125. The van der Waals surface area contributed by atoms with Gasteiger partial charge in [0.05, 0.1) is 5.69 Å². The molecule has 0 N–H and O–H groups in total. The number of aromatic nitrogens is 3. The molecule has 116 valence electrons. The van der Waals surface area contributed by atoms with Gasteiger partial charge in [-0.1, -0.05) is 17.3 Å². The molecular formula is C15H12N4O4. The molecule has 1 unspecified atom stereocenters. The van der Waals surface area contributed by atoms with Crippen molar-refractivity contribution in [2.75, 3.05) is 4.90 Å². The van der Waals surface area contributed by atoms with E-state index in [1.165, 1.54) is 12.7 Å². The lowest BCUT2D eigenvalue weighted by Gasteiger charge is -2.31. The van der Waals surface area contributed by atoms with Crippen molar-refractivity contribution < 1.29 is 18.5 Å². The number of hydrogen-bond acceptors (Lipinski definition) is 7. The fourth-order valence-corrected chi connectivity index (χ4v) is 2.40. The molecule has 0 spiro atoms. The number of para-hydroxylation sites is 2. The zero-order valence-corrected chi connectivity index (χ0v) is 12.2. The van der Waals surface area contributed by atoms with E-state index in [4.69, 9.17) is 13.7 Å². The Morgan fingerprint density at radius 1 is 1.30 bits per heavy atom. The van der Waals surface area contributed by atoms with Crippen molar-refractivity contribution in [3.63, 3.8) is 0 Å². The number of anilines is 1. The number of ether oxygens (including phenoxy) is 1. The van der Waals surface area contributed by atoms with E-state index in [0.29, 0.717) is 28.8 Å². The number of fused-ring (bicyclic) bond motifs is 1. The number of carbonyl (C=O) groups is 1. The Kier molecular flexibility index (Phi) is 3.07. The summed E-state index contributed by atoms with van der Waals surface area (Å²) in [5.41, 5.74) is 1.15. The van der Waals surface area contributed by atoms with E-state index < -0.39 is 6.10 Å². The molecule has 3 heterocycles. The molecule has 4 rings (SSSR count). The molecule has 2 aromatic heterocycles. The molecule has 8 heteroatoms. The standard InChI is InChI=1S/C15H12N4O4/c1-9-15(20)19(11-4-2-3-5-12(11)22-9)6-13-17-14(18-23-13)10-7-21-8-16-10/h2-5,7-9H,6H2,1H3. The largest absolute Gasteiger partial charge is 0.479 e. The first-order valence-electron chi connectivity index (χ1n) is 7.00. The number of rotatable bonds is 3. The van der Waals surface area contributed by atoms with Crippen LogP contribution in [-0.2, 0) is 11.3 Å². The normalized spacial score (nSPS) is 17.0. The summed E-state index contributed by atoms with van der Waals surface area (Å²) in [6, 6.07) is 7.33. The average Bonchev–Trinajstić information content (AvgIpc) is 3.23. The zero-order chi connectivity index (χ0) is 15.8. The first-order chi connectivity index (χ1) is 11.2. The van der Waals surface area contributed by atoms with Gasteiger partial charge in [-0.15, -0.1) is 0 Å². The predicted octanol–water partition coefficient (Wildman–Crippen LogP) is 2.04. The summed E-state index contributed by atoms with van der Waals surface area (Å²) < 4.78 is 15.7. The van der Waals surface area contributed by atoms with Gasteiger partial charge in [0.1, 0.15) is 24.3 Å². The van der Waals surface area contributed by atoms with E-state index in [-0.39, 0.29) is 12.5 Å². The number of hydrogen-bond donors (Lipinski definition) is 0. The lowest BCUT2D eigenvalue weighted by atomic mass is 10.2. The molecule has 1 amide bonds. The smallest absolute Gasteiger partial charge is 0.268 e. The van der Waals surface area contributed by atoms with Crippen LogP contribution in [0.3, 0.4) is 0 Å². The Hall–Kier alpha value is -3.16. The molecule has 1 aliphatic heterocycles. The van der Waals surface area contributed by atoms with Crippen LogP contribution in [-0.4, -0.2) is 27.1 Å². The molecule has 0 aliphatic carbocycles. The van der Waals surface area contributed by atoms with Gasteiger partial charge in [-0.05, 0) is 19.1 Å². The number of carbonyl (C=O) groups excluding carboxylic acids is 1. The fourth-order valence-electron chi connectivity index (χ4n) is 2.40. The van der Waals surface area contributed by atoms with Crippen molar-refractivity contribution in [2.24, 2.45) is 0 Å². The van der Waals surface area contributed by atoms with Crippen molar-refractivity contribution in [1.29, 1.82) is 0 Å². The highest BCUT2D eigenvalue weighted by Gasteiger charge is 2.32. The Bertz CT molecular complexity index is 843. The molecule has 1 atom stereocenters. The summed E-state index contributed by atoms with van der Waals surface area (Å²) in [6.45, 7) is 1.87. The van der Waals surface area contributed by atoms with Gasteiger partial charge in [0, 0.05) is 0 Å². The molecule has 23 heavy (non-hydrogen) atoms. The van der Waals surface area contributed by atoms with E-state index in [1.807, 2.05) is 24.3 Å². The van der Waals surface area contributed by atoms with E-state index in [0.717, 1.165) is 0 Å². The van der Waals surface area contributed by atoms with Gasteiger partial charge < -0.3 is 13.7 Å². The molecule has 0 bridgehead atoms. The Labute approximate surface area is 130 Å². The van der Waals surface area contributed by atoms with Crippen LogP contribution in [0.4, 0.5) is 5.69 Å². The Morgan fingerprint density at radius 2 is 2.17 bits per heavy atom. The molecule has 0 radical (unpaired) electrons. The maximum absolute atomic E-state index is 12.4. The SMILES string of the molecule is CC1Oc2ccccc2N(Cc2nc(-c3cocn3)no2)C1=O. The molecule has 1 aromatic carbocycles. The van der Waals surface area contributed by atoms with E-state index >= 15 is 0 Å². The third kappa shape index (κ3) is 2.33. The van der Waals surface area contributed by atoms with Crippen LogP contribution in [0, 0.1) is 0 Å². The van der Waals surface area contributed by atoms with Crippen LogP contribution in [0.1, 0.15) is 12.8 Å². The average molecular weight is 312 g/mol. The summed E-state index contributed by atoms with van der Waals surface area (Å²) >= 11 is 0. The molecule has 1 aliphatic rings. The summed E-state index contributed by atoms with van der Waals surface area (Å²) in [7, 11) is 0. The van der Waals surface area contributed by atoms with E-state index in [1.54, 1.807) is 11.8 Å². The van der Waals surface area contributed by atoms with Crippen molar-refractivity contribution in [1.82, 2.24) is 15.1 Å². The van der Waals surface area contributed by atoms with Crippen molar-refractivity contribution in [2.45, 2.75) is 19.6 Å². The lowest BCUT2D eigenvalue weighted by Crippen LogP contribution is -2.44. The number of amides is 1. The third-order valence-corrected chi connectivity index (χ3v) is 3.50. The third-order valence-electron chi connectivity index (χ3n) is 3.50. The molecule has 0 saturated carbocycles. The highest BCUT2D eigenvalue weighted by molar-refractivity contribution is 5.99. The van der Waals surface area contributed by atoms with Gasteiger partial charge in [0.15, 0.2) is 12.5 Å². The summed E-state index contributed by atoms with van der Waals surface area (Å²) in [5.74, 6) is 1.11. The molecular weight excluding hydrogens is 300 g/mol. The van der Waals surface area contributed by atoms with Crippen LogP contribution in [0.15, 0.2) is 45.9 Å². The number of nitrogens with zero attached hydrogens (tertiary/aromatic N) is 4. The van der Waals surface area contributed by atoms with Gasteiger partial charge in [-0.3, -0.25) is 9.69 Å². The van der Waals surface area contributed by atoms with Crippen molar-refractivity contribution >= 4 is 11.6 Å². The highest BCUT2D eigenvalue weighted by Crippen LogP contribution is 2.34. The van der Waals surface area contributed by atoms with Crippen LogP contribution >= 0.6 is 0 Å². The van der Waals surface area contributed by atoms with Crippen molar-refractivity contribution in [3.8, 4) is 17.3 Å². The molecule has 0 fully saturated rings. The van der Waals surface area contributed by atoms with Gasteiger partial charge in [-0.25, -0.2) is 4.98 Å². The predicted molar refractivity (Wildman–Crippen MR) is 77.5 cm³/mol. The van der Waals surface area contributed by atoms with E-state index in [9.17, 15) is 4.79 Å². The second kappa shape index (κ2) is 5.24. The molecule has 8 nitrogen and oxygen atoms in total. The minimum absolute atomic E-state index is 0.161.